The largest absolute Gasteiger partial charge is 0.326 e. The molecule has 3 rings (SSSR count). The van der Waals surface area contributed by atoms with E-state index < -0.39 is 0 Å². The molecule has 0 radical (unpaired) electrons. The molecular weight excluding hydrogens is 311 g/mol. The van der Waals surface area contributed by atoms with Crippen LogP contribution in [-0.4, -0.2) is 28.8 Å². The summed E-state index contributed by atoms with van der Waals surface area (Å²) in [7, 11) is 0. The van der Waals surface area contributed by atoms with Crippen LogP contribution in [0.25, 0.3) is 5.69 Å². The van der Waals surface area contributed by atoms with Gasteiger partial charge in [-0.05, 0) is 37.2 Å². The van der Waals surface area contributed by atoms with Gasteiger partial charge in [-0.25, -0.2) is 4.68 Å². The lowest BCUT2D eigenvalue weighted by molar-refractivity contribution is -0.119. The van der Waals surface area contributed by atoms with E-state index in [0.29, 0.717) is 10.7 Å². The number of halogens is 2. The average molecular weight is 327 g/mol. The fourth-order valence-corrected chi connectivity index (χ4v) is 2.57. The van der Waals surface area contributed by atoms with Crippen LogP contribution in [0.1, 0.15) is 6.42 Å². The van der Waals surface area contributed by atoms with E-state index in [4.69, 9.17) is 11.6 Å². The first-order valence-corrected chi connectivity index (χ1v) is 6.93. The van der Waals surface area contributed by atoms with Gasteiger partial charge in [0.05, 0.1) is 16.6 Å². The zero-order valence-corrected chi connectivity index (χ0v) is 12.8. The van der Waals surface area contributed by atoms with Crippen LogP contribution in [-0.2, 0) is 4.79 Å². The predicted octanol–water partition coefficient (Wildman–Crippen LogP) is 2.50. The van der Waals surface area contributed by atoms with E-state index in [1.807, 2.05) is 24.4 Å². The molecule has 1 aliphatic rings. The maximum Gasteiger partial charge on any atom is 0.228 e. The van der Waals surface area contributed by atoms with Gasteiger partial charge >= 0.3 is 0 Å². The second-order valence-corrected chi connectivity index (χ2v) is 5.20. The van der Waals surface area contributed by atoms with Crippen molar-refractivity contribution in [3.63, 3.8) is 0 Å². The van der Waals surface area contributed by atoms with Gasteiger partial charge in [0.1, 0.15) is 0 Å². The summed E-state index contributed by atoms with van der Waals surface area (Å²) in [6.07, 6.45) is 4.40. The zero-order valence-electron chi connectivity index (χ0n) is 11.3. The van der Waals surface area contributed by atoms with E-state index in [1.165, 1.54) is 0 Å². The number of hydrogen-bond acceptors (Lipinski definition) is 3. The Morgan fingerprint density at radius 3 is 2.95 bits per heavy atom. The Morgan fingerprint density at radius 2 is 2.33 bits per heavy atom. The Kier molecular flexibility index (Phi) is 5.22. The quantitative estimate of drug-likeness (QED) is 0.911. The fourth-order valence-electron chi connectivity index (χ4n) is 2.30. The number of rotatable bonds is 3. The van der Waals surface area contributed by atoms with Crippen LogP contribution in [0, 0.1) is 5.92 Å². The molecule has 1 saturated heterocycles. The molecule has 0 saturated carbocycles. The van der Waals surface area contributed by atoms with Gasteiger partial charge in [-0.3, -0.25) is 4.79 Å². The molecule has 5 nitrogen and oxygen atoms in total. The summed E-state index contributed by atoms with van der Waals surface area (Å²) in [6, 6.07) is 7.26. The van der Waals surface area contributed by atoms with Gasteiger partial charge in [0.25, 0.3) is 0 Å². The molecule has 0 spiro atoms. The normalized spacial score (nSPS) is 17.3. The van der Waals surface area contributed by atoms with Gasteiger partial charge in [-0.15, -0.1) is 12.4 Å². The maximum absolute atomic E-state index is 12.0. The van der Waals surface area contributed by atoms with Crippen molar-refractivity contribution >= 4 is 35.6 Å². The van der Waals surface area contributed by atoms with Crippen molar-refractivity contribution in [2.45, 2.75) is 6.42 Å². The van der Waals surface area contributed by atoms with E-state index in [-0.39, 0.29) is 24.2 Å². The minimum absolute atomic E-state index is 0. The summed E-state index contributed by atoms with van der Waals surface area (Å²) >= 11 is 6.24. The molecule has 1 amide bonds. The first kappa shape index (κ1) is 15.8. The van der Waals surface area contributed by atoms with Gasteiger partial charge < -0.3 is 10.6 Å². The summed E-state index contributed by atoms with van der Waals surface area (Å²) in [4.78, 5) is 12.0. The van der Waals surface area contributed by atoms with Crippen molar-refractivity contribution in [3.05, 3.63) is 41.7 Å². The molecule has 1 aromatic heterocycles. The maximum atomic E-state index is 12.0. The van der Waals surface area contributed by atoms with Gasteiger partial charge in [-0.1, -0.05) is 11.6 Å². The number of carbonyl (C=O) groups excluding carboxylic acids is 1. The molecule has 0 aliphatic carbocycles. The number of hydrogen-bond donors (Lipinski definition) is 2. The molecule has 112 valence electrons. The Bertz CT molecular complexity index is 609. The number of carbonyl (C=O) groups is 1. The Balaban J connectivity index is 0.00000161. The summed E-state index contributed by atoms with van der Waals surface area (Å²) in [5, 5.41) is 10.8. The van der Waals surface area contributed by atoms with E-state index in [2.05, 4.69) is 15.7 Å². The standard InChI is InChI=1S/C14H15ClN4O.ClH/c15-12-8-11(18-14(20)10-4-6-16-9-10)2-3-13(12)19-7-1-5-17-19;/h1-3,5,7-8,10,16H,4,6,9H2,(H,18,20);1H. The predicted molar refractivity (Wildman–Crippen MR) is 85.4 cm³/mol. The molecule has 7 heteroatoms. The highest BCUT2D eigenvalue weighted by atomic mass is 35.5. The number of nitrogens with one attached hydrogen (secondary N) is 2. The topological polar surface area (TPSA) is 59.0 Å². The zero-order chi connectivity index (χ0) is 13.9. The lowest BCUT2D eigenvalue weighted by Crippen LogP contribution is -2.24. The number of amides is 1. The molecule has 0 bridgehead atoms. The fraction of sp³-hybridized carbons (Fsp3) is 0.286. The van der Waals surface area contributed by atoms with Crippen LogP contribution < -0.4 is 10.6 Å². The number of nitrogens with zero attached hydrogens (tertiary/aromatic N) is 2. The molecule has 1 atom stereocenters. The molecule has 2 heterocycles. The molecule has 1 aromatic carbocycles. The summed E-state index contributed by atoms with van der Waals surface area (Å²) in [6.45, 7) is 1.64. The van der Waals surface area contributed by atoms with Crippen LogP contribution >= 0.6 is 24.0 Å². The van der Waals surface area contributed by atoms with E-state index >= 15 is 0 Å². The molecule has 1 fully saturated rings. The van der Waals surface area contributed by atoms with Crippen molar-refractivity contribution < 1.29 is 4.79 Å². The van der Waals surface area contributed by atoms with Crippen LogP contribution in [0.3, 0.4) is 0 Å². The van der Waals surface area contributed by atoms with Gasteiger partial charge in [-0.2, -0.15) is 5.10 Å². The smallest absolute Gasteiger partial charge is 0.228 e. The van der Waals surface area contributed by atoms with Crippen LogP contribution in [0.15, 0.2) is 36.7 Å². The number of anilines is 1. The van der Waals surface area contributed by atoms with Crippen LogP contribution in [0.2, 0.25) is 5.02 Å². The first-order chi connectivity index (χ1) is 9.74. The minimum Gasteiger partial charge on any atom is -0.326 e. The molecule has 1 unspecified atom stereocenters. The van der Waals surface area contributed by atoms with Crippen LogP contribution in [0.5, 0.6) is 0 Å². The third-order valence-corrected chi connectivity index (χ3v) is 3.70. The SMILES string of the molecule is Cl.O=C(Nc1ccc(-n2cccn2)c(Cl)c1)C1CCNC1. The highest BCUT2D eigenvalue weighted by Crippen LogP contribution is 2.24. The summed E-state index contributed by atoms with van der Waals surface area (Å²) in [5.74, 6) is 0.0810. The first-order valence-electron chi connectivity index (χ1n) is 6.55. The van der Waals surface area contributed by atoms with Gasteiger partial charge in [0.2, 0.25) is 5.91 Å². The monoisotopic (exact) mass is 326 g/mol. The Morgan fingerprint density at radius 1 is 1.48 bits per heavy atom. The van der Waals surface area contributed by atoms with E-state index in [1.54, 1.807) is 16.9 Å². The number of benzene rings is 1. The second kappa shape index (κ2) is 6.93. The highest BCUT2D eigenvalue weighted by Gasteiger charge is 2.22. The molecule has 1 aliphatic heterocycles. The molecule has 2 N–H and O–H groups in total. The average Bonchev–Trinajstić information content (AvgIpc) is 3.12. The Hall–Kier alpha value is -1.56. The van der Waals surface area contributed by atoms with E-state index in [0.717, 1.165) is 25.2 Å². The van der Waals surface area contributed by atoms with Gasteiger partial charge in [0.15, 0.2) is 0 Å². The third-order valence-electron chi connectivity index (χ3n) is 3.40. The van der Waals surface area contributed by atoms with Crippen molar-refractivity contribution in [1.82, 2.24) is 15.1 Å². The molecule has 2 aromatic rings. The summed E-state index contributed by atoms with van der Waals surface area (Å²) in [5.41, 5.74) is 1.50. The van der Waals surface area contributed by atoms with Crippen molar-refractivity contribution in [1.29, 1.82) is 0 Å². The minimum atomic E-state index is 0. The van der Waals surface area contributed by atoms with Crippen molar-refractivity contribution in [2.24, 2.45) is 5.92 Å². The lowest BCUT2D eigenvalue weighted by Gasteiger charge is -2.11. The lowest BCUT2D eigenvalue weighted by atomic mass is 10.1. The van der Waals surface area contributed by atoms with Gasteiger partial charge in [0, 0.05) is 24.6 Å². The number of aromatic nitrogens is 2. The third kappa shape index (κ3) is 3.56. The van der Waals surface area contributed by atoms with E-state index in [9.17, 15) is 4.79 Å². The Labute approximate surface area is 134 Å². The van der Waals surface area contributed by atoms with Crippen molar-refractivity contribution in [3.8, 4) is 5.69 Å². The molecular formula is C14H16Cl2N4O. The summed E-state index contributed by atoms with van der Waals surface area (Å²) < 4.78 is 1.69. The second-order valence-electron chi connectivity index (χ2n) is 4.80. The van der Waals surface area contributed by atoms with Crippen LogP contribution in [0.4, 0.5) is 5.69 Å². The highest BCUT2D eigenvalue weighted by molar-refractivity contribution is 6.32. The van der Waals surface area contributed by atoms with Crippen molar-refractivity contribution in [2.75, 3.05) is 18.4 Å². The molecule has 21 heavy (non-hydrogen) atoms.